The average Bonchev–Trinajstić information content (AvgIpc) is 2.17. The zero-order chi connectivity index (χ0) is 11.3. The van der Waals surface area contributed by atoms with Gasteiger partial charge in [-0.3, -0.25) is 0 Å². The molecule has 15 heavy (non-hydrogen) atoms. The highest BCUT2D eigenvalue weighted by molar-refractivity contribution is 5.64. The van der Waals surface area contributed by atoms with Crippen LogP contribution >= 0.6 is 0 Å². The lowest BCUT2D eigenvalue weighted by Crippen LogP contribution is -2.32. The molecule has 4 heteroatoms. The minimum absolute atomic E-state index is 0.278. The molecule has 0 saturated heterocycles. The van der Waals surface area contributed by atoms with Crippen molar-refractivity contribution in [3.8, 4) is 0 Å². The molecule has 0 aromatic heterocycles. The van der Waals surface area contributed by atoms with Crippen molar-refractivity contribution in [1.82, 2.24) is 5.32 Å². The van der Waals surface area contributed by atoms with Crippen LogP contribution in [0.5, 0.6) is 0 Å². The molecule has 1 fully saturated rings. The standard InChI is InChI=1S/C11H22N2O2/c1-8(12)10-4-2-3-9(7-10)5-6-13-11(14)15/h8-10,13H,2-7,12H2,1H3,(H,14,15). The number of nitrogens with two attached hydrogens (primary N) is 1. The fourth-order valence-corrected chi connectivity index (χ4v) is 2.46. The van der Waals surface area contributed by atoms with E-state index in [-0.39, 0.29) is 6.04 Å². The zero-order valence-electron chi connectivity index (χ0n) is 9.41. The summed E-state index contributed by atoms with van der Waals surface area (Å²) >= 11 is 0. The van der Waals surface area contributed by atoms with Crippen LogP contribution in [0.3, 0.4) is 0 Å². The smallest absolute Gasteiger partial charge is 0.404 e. The Bertz CT molecular complexity index is 207. The lowest BCUT2D eigenvalue weighted by Gasteiger charge is -2.31. The Morgan fingerprint density at radius 3 is 2.93 bits per heavy atom. The Morgan fingerprint density at radius 2 is 2.33 bits per heavy atom. The molecule has 0 heterocycles. The van der Waals surface area contributed by atoms with Crippen LogP contribution in [-0.2, 0) is 0 Å². The lowest BCUT2D eigenvalue weighted by molar-refractivity contribution is 0.190. The summed E-state index contributed by atoms with van der Waals surface area (Å²) < 4.78 is 0. The summed E-state index contributed by atoms with van der Waals surface area (Å²) in [5.74, 6) is 1.29. The van der Waals surface area contributed by atoms with Crippen molar-refractivity contribution >= 4 is 6.09 Å². The second-order valence-electron chi connectivity index (χ2n) is 4.67. The maximum atomic E-state index is 10.3. The number of nitrogens with one attached hydrogen (secondary N) is 1. The highest BCUT2D eigenvalue weighted by Gasteiger charge is 2.23. The minimum Gasteiger partial charge on any atom is -0.465 e. The van der Waals surface area contributed by atoms with Gasteiger partial charge in [0.15, 0.2) is 0 Å². The Balaban J connectivity index is 2.21. The predicted octanol–water partition coefficient (Wildman–Crippen LogP) is 1.80. The SMILES string of the molecule is CC(N)C1CCCC(CCNC(=O)O)C1. The van der Waals surface area contributed by atoms with Gasteiger partial charge in [0, 0.05) is 12.6 Å². The first kappa shape index (κ1) is 12.3. The van der Waals surface area contributed by atoms with Gasteiger partial charge in [0.05, 0.1) is 0 Å². The van der Waals surface area contributed by atoms with Crippen molar-refractivity contribution in [2.75, 3.05) is 6.54 Å². The molecule has 0 radical (unpaired) electrons. The highest BCUT2D eigenvalue weighted by Crippen LogP contribution is 2.32. The van der Waals surface area contributed by atoms with Gasteiger partial charge in [-0.2, -0.15) is 0 Å². The first-order valence-corrected chi connectivity index (χ1v) is 5.82. The number of hydrogen-bond acceptors (Lipinski definition) is 2. The van der Waals surface area contributed by atoms with Crippen molar-refractivity contribution in [3.05, 3.63) is 0 Å². The molecule has 1 aliphatic carbocycles. The fourth-order valence-electron chi connectivity index (χ4n) is 2.46. The second kappa shape index (κ2) is 5.95. The third-order valence-electron chi connectivity index (χ3n) is 3.40. The van der Waals surface area contributed by atoms with E-state index in [2.05, 4.69) is 12.2 Å². The molecule has 4 nitrogen and oxygen atoms in total. The van der Waals surface area contributed by atoms with E-state index in [1.807, 2.05) is 0 Å². The number of hydrogen-bond donors (Lipinski definition) is 3. The Morgan fingerprint density at radius 1 is 1.60 bits per heavy atom. The van der Waals surface area contributed by atoms with Crippen LogP contribution in [0.2, 0.25) is 0 Å². The Hall–Kier alpha value is -0.770. The van der Waals surface area contributed by atoms with Crippen molar-refractivity contribution in [1.29, 1.82) is 0 Å². The number of rotatable bonds is 4. The molecule has 0 spiro atoms. The van der Waals surface area contributed by atoms with Crippen LogP contribution in [-0.4, -0.2) is 23.8 Å². The average molecular weight is 214 g/mol. The van der Waals surface area contributed by atoms with Crippen molar-refractivity contribution < 1.29 is 9.90 Å². The van der Waals surface area contributed by atoms with Crippen LogP contribution in [0.15, 0.2) is 0 Å². The molecule has 0 aliphatic heterocycles. The van der Waals surface area contributed by atoms with E-state index in [0.717, 1.165) is 6.42 Å². The molecular formula is C11H22N2O2. The van der Waals surface area contributed by atoms with E-state index >= 15 is 0 Å². The van der Waals surface area contributed by atoms with Gasteiger partial charge >= 0.3 is 6.09 Å². The molecule has 1 rings (SSSR count). The van der Waals surface area contributed by atoms with Crippen LogP contribution in [0.1, 0.15) is 39.0 Å². The summed E-state index contributed by atoms with van der Waals surface area (Å²) in [6, 6.07) is 0.278. The minimum atomic E-state index is -0.922. The quantitative estimate of drug-likeness (QED) is 0.668. The first-order valence-electron chi connectivity index (χ1n) is 5.82. The molecule has 88 valence electrons. The summed E-state index contributed by atoms with van der Waals surface area (Å²) in [5.41, 5.74) is 5.90. The monoisotopic (exact) mass is 214 g/mol. The van der Waals surface area contributed by atoms with Gasteiger partial charge in [0.1, 0.15) is 0 Å². The van der Waals surface area contributed by atoms with E-state index in [1.54, 1.807) is 0 Å². The van der Waals surface area contributed by atoms with E-state index in [1.165, 1.54) is 25.7 Å². The lowest BCUT2D eigenvalue weighted by atomic mass is 9.77. The summed E-state index contributed by atoms with van der Waals surface area (Å²) in [4.78, 5) is 10.3. The fraction of sp³-hybridized carbons (Fsp3) is 0.909. The highest BCUT2D eigenvalue weighted by atomic mass is 16.4. The largest absolute Gasteiger partial charge is 0.465 e. The van der Waals surface area contributed by atoms with Gasteiger partial charge in [-0.15, -0.1) is 0 Å². The Kier molecular flexibility index (Phi) is 4.88. The molecular weight excluding hydrogens is 192 g/mol. The summed E-state index contributed by atoms with van der Waals surface area (Å²) in [6.07, 6.45) is 4.90. The van der Waals surface area contributed by atoms with Gasteiger partial charge in [0.2, 0.25) is 0 Å². The molecule has 3 unspecified atom stereocenters. The van der Waals surface area contributed by atoms with E-state index in [0.29, 0.717) is 18.4 Å². The predicted molar refractivity (Wildman–Crippen MR) is 59.7 cm³/mol. The Labute approximate surface area is 91.2 Å². The molecule has 0 aromatic rings. The van der Waals surface area contributed by atoms with E-state index < -0.39 is 6.09 Å². The van der Waals surface area contributed by atoms with Gasteiger partial charge in [-0.05, 0) is 38.0 Å². The number of carbonyl (C=O) groups is 1. The van der Waals surface area contributed by atoms with Gasteiger partial charge in [-0.25, -0.2) is 4.79 Å². The van der Waals surface area contributed by atoms with Gasteiger partial charge in [0.25, 0.3) is 0 Å². The number of carboxylic acid groups (broad SMARTS) is 1. The van der Waals surface area contributed by atoms with Gasteiger partial charge in [-0.1, -0.05) is 12.8 Å². The molecule has 1 saturated carbocycles. The molecule has 3 atom stereocenters. The summed E-state index contributed by atoms with van der Waals surface area (Å²) in [6.45, 7) is 2.65. The summed E-state index contributed by atoms with van der Waals surface area (Å²) in [5, 5.41) is 10.9. The topological polar surface area (TPSA) is 75.3 Å². The van der Waals surface area contributed by atoms with Crippen LogP contribution in [0.25, 0.3) is 0 Å². The van der Waals surface area contributed by atoms with Crippen molar-refractivity contribution in [2.24, 2.45) is 17.6 Å². The molecule has 1 amide bonds. The van der Waals surface area contributed by atoms with E-state index in [9.17, 15) is 4.79 Å². The normalized spacial score (nSPS) is 28.4. The second-order valence-corrected chi connectivity index (χ2v) is 4.67. The van der Waals surface area contributed by atoms with E-state index in [4.69, 9.17) is 10.8 Å². The van der Waals surface area contributed by atoms with Crippen molar-refractivity contribution in [3.63, 3.8) is 0 Å². The molecule has 0 aromatic carbocycles. The van der Waals surface area contributed by atoms with Crippen LogP contribution < -0.4 is 11.1 Å². The maximum absolute atomic E-state index is 10.3. The molecule has 4 N–H and O–H groups in total. The molecule has 0 bridgehead atoms. The third kappa shape index (κ3) is 4.51. The first-order chi connectivity index (χ1) is 7.09. The van der Waals surface area contributed by atoms with Crippen molar-refractivity contribution in [2.45, 2.75) is 45.1 Å². The third-order valence-corrected chi connectivity index (χ3v) is 3.40. The van der Waals surface area contributed by atoms with Gasteiger partial charge < -0.3 is 16.2 Å². The molecule has 1 aliphatic rings. The maximum Gasteiger partial charge on any atom is 0.404 e. The van der Waals surface area contributed by atoms with Crippen LogP contribution in [0, 0.1) is 11.8 Å². The van der Waals surface area contributed by atoms with Crippen LogP contribution in [0.4, 0.5) is 4.79 Å². The number of amides is 1. The zero-order valence-corrected chi connectivity index (χ0v) is 9.41. The summed E-state index contributed by atoms with van der Waals surface area (Å²) in [7, 11) is 0.